The van der Waals surface area contributed by atoms with Crippen LogP contribution in [0.3, 0.4) is 0 Å². The number of esters is 1. The molecular formula is C42H84O11. The van der Waals surface area contributed by atoms with Crippen molar-refractivity contribution in [3.05, 3.63) is 0 Å². The molecule has 0 radical (unpaired) electrons. The minimum absolute atomic E-state index is 0.142. The second-order valence-electron chi connectivity index (χ2n) is 13.5. The van der Waals surface area contributed by atoms with Crippen molar-refractivity contribution in [3.63, 3.8) is 0 Å². The van der Waals surface area contributed by atoms with Crippen LogP contribution in [0.5, 0.6) is 0 Å². The minimum Gasteiger partial charge on any atom is -0.463 e. The van der Waals surface area contributed by atoms with Crippen LogP contribution < -0.4 is 0 Å². The SMILES string of the molecule is CCCCCCCCCCCCCCCCOCCOCCOCCOCCOCCOCCOCCOCCOCCOC(=O)CCCCCCC. The zero-order chi connectivity index (χ0) is 38.2. The molecule has 0 bridgehead atoms. The molecule has 0 rings (SSSR count). The van der Waals surface area contributed by atoms with Gasteiger partial charge in [0.25, 0.3) is 0 Å². The summed E-state index contributed by atoms with van der Waals surface area (Å²) in [6, 6.07) is 0. The number of carbonyl (C=O) groups excluding carboxylic acids is 1. The third kappa shape index (κ3) is 49.1. The van der Waals surface area contributed by atoms with Crippen LogP contribution >= 0.6 is 0 Å². The van der Waals surface area contributed by atoms with Gasteiger partial charge >= 0.3 is 5.97 Å². The van der Waals surface area contributed by atoms with Crippen molar-refractivity contribution in [2.75, 3.05) is 126 Å². The van der Waals surface area contributed by atoms with Crippen molar-refractivity contribution in [2.45, 2.75) is 142 Å². The maximum Gasteiger partial charge on any atom is 0.305 e. The van der Waals surface area contributed by atoms with Gasteiger partial charge in [-0.1, -0.05) is 123 Å². The highest BCUT2D eigenvalue weighted by atomic mass is 16.6. The number of hydrogen-bond donors (Lipinski definition) is 0. The van der Waals surface area contributed by atoms with Crippen LogP contribution in [0.15, 0.2) is 0 Å². The molecule has 0 atom stereocenters. The molecule has 0 heterocycles. The van der Waals surface area contributed by atoms with E-state index in [2.05, 4.69) is 13.8 Å². The van der Waals surface area contributed by atoms with Crippen molar-refractivity contribution >= 4 is 5.97 Å². The van der Waals surface area contributed by atoms with E-state index in [4.69, 9.17) is 47.4 Å². The van der Waals surface area contributed by atoms with Gasteiger partial charge in [-0.25, -0.2) is 0 Å². The van der Waals surface area contributed by atoms with Gasteiger partial charge in [-0.15, -0.1) is 0 Å². The van der Waals surface area contributed by atoms with E-state index >= 15 is 0 Å². The van der Waals surface area contributed by atoms with Gasteiger partial charge in [0.2, 0.25) is 0 Å². The molecule has 53 heavy (non-hydrogen) atoms. The number of ether oxygens (including phenoxy) is 10. The molecule has 0 aliphatic rings. The first kappa shape index (κ1) is 52.1. The summed E-state index contributed by atoms with van der Waals surface area (Å²) in [5.74, 6) is -0.142. The lowest BCUT2D eigenvalue weighted by Crippen LogP contribution is -2.15. The third-order valence-electron chi connectivity index (χ3n) is 8.59. The largest absolute Gasteiger partial charge is 0.463 e. The Labute approximate surface area is 325 Å². The lowest BCUT2D eigenvalue weighted by molar-refractivity contribution is -0.145. The van der Waals surface area contributed by atoms with E-state index in [1.165, 1.54) is 103 Å². The average molecular weight is 765 g/mol. The second kappa shape index (κ2) is 49.1. The topological polar surface area (TPSA) is 109 Å². The molecule has 0 amide bonds. The van der Waals surface area contributed by atoms with Crippen molar-refractivity contribution in [1.82, 2.24) is 0 Å². The third-order valence-corrected chi connectivity index (χ3v) is 8.59. The monoisotopic (exact) mass is 765 g/mol. The lowest BCUT2D eigenvalue weighted by Gasteiger charge is -2.09. The van der Waals surface area contributed by atoms with Crippen LogP contribution in [-0.4, -0.2) is 132 Å². The van der Waals surface area contributed by atoms with E-state index < -0.39 is 0 Å². The van der Waals surface area contributed by atoms with Crippen LogP contribution in [0.25, 0.3) is 0 Å². The maximum absolute atomic E-state index is 11.6. The average Bonchev–Trinajstić information content (AvgIpc) is 3.16. The highest BCUT2D eigenvalue weighted by Gasteiger charge is 2.03. The molecule has 0 N–H and O–H groups in total. The van der Waals surface area contributed by atoms with Crippen LogP contribution in [0, 0.1) is 0 Å². The quantitative estimate of drug-likeness (QED) is 0.0440. The minimum atomic E-state index is -0.142. The lowest BCUT2D eigenvalue weighted by atomic mass is 10.0. The van der Waals surface area contributed by atoms with Crippen molar-refractivity contribution < 1.29 is 52.2 Å². The molecule has 318 valence electrons. The Morgan fingerprint density at radius 2 is 0.491 bits per heavy atom. The summed E-state index contributed by atoms with van der Waals surface area (Å²) in [5, 5.41) is 0. The molecule has 0 aliphatic carbocycles. The van der Waals surface area contributed by atoms with Crippen molar-refractivity contribution in [3.8, 4) is 0 Å². The van der Waals surface area contributed by atoms with Gasteiger partial charge in [0, 0.05) is 13.0 Å². The van der Waals surface area contributed by atoms with Gasteiger partial charge in [0.15, 0.2) is 0 Å². The summed E-state index contributed by atoms with van der Waals surface area (Å²) in [6.07, 6.45) is 25.3. The van der Waals surface area contributed by atoms with Gasteiger partial charge in [0.1, 0.15) is 6.61 Å². The zero-order valence-corrected chi connectivity index (χ0v) is 34.6. The molecule has 0 saturated heterocycles. The van der Waals surface area contributed by atoms with Crippen molar-refractivity contribution in [2.24, 2.45) is 0 Å². The smallest absolute Gasteiger partial charge is 0.305 e. The molecule has 11 nitrogen and oxygen atoms in total. The van der Waals surface area contributed by atoms with Crippen LogP contribution in [0.4, 0.5) is 0 Å². The zero-order valence-electron chi connectivity index (χ0n) is 34.6. The van der Waals surface area contributed by atoms with Crippen LogP contribution in [0.2, 0.25) is 0 Å². The fourth-order valence-corrected chi connectivity index (χ4v) is 5.42. The summed E-state index contributed by atoms with van der Waals surface area (Å²) in [6.45, 7) is 14.5. The van der Waals surface area contributed by atoms with E-state index in [1.54, 1.807) is 0 Å². The Hall–Kier alpha value is -0.890. The molecule has 0 aromatic heterocycles. The van der Waals surface area contributed by atoms with Gasteiger partial charge in [-0.3, -0.25) is 4.79 Å². The van der Waals surface area contributed by atoms with E-state index in [0.717, 1.165) is 25.9 Å². The molecule has 11 heteroatoms. The predicted octanol–water partition coefficient (Wildman–Crippen LogP) is 8.52. The molecule has 0 aliphatic heterocycles. The first-order valence-electron chi connectivity index (χ1n) is 21.7. The second-order valence-corrected chi connectivity index (χ2v) is 13.5. The summed E-state index contributed by atoms with van der Waals surface area (Å²) in [7, 11) is 0. The first-order valence-corrected chi connectivity index (χ1v) is 21.7. The molecule has 0 unspecified atom stereocenters. The van der Waals surface area contributed by atoms with Gasteiger partial charge < -0.3 is 47.4 Å². The van der Waals surface area contributed by atoms with Crippen LogP contribution in [0.1, 0.15) is 142 Å². The maximum atomic E-state index is 11.6. The molecule has 0 aromatic carbocycles. The van der Waals surface area contributed by atoms with Gasteiger partial charge in [-0.05, 0) is 12.8 Å². The summed E-state index contributed by atoms with van der Waals surface area (Å²) < 4.78 is 54.9. The highest BCUT2D eigenvalue weighted by Crippen LogP contribution is 2.13. The summed E-state index contributed by atoms with van der Waals surface area (Å²) in [5.41, 5.74) is 0. The van der Waals surface area contributed by atoms with E-state index in [-0.39, 0.29) is 5.97 Å². The molecule has 0 spiro atoms. The first-order chi connectivity index (χ1) is 26.3. The van der Waals surface area contributed by atoms with E-state index in [1.807, 2.05) is 0 Å². The Balaban J connectivity index is 3.08. The molecule has 0 saturated carbocycles. The number of unbranched alkanes of at least 4 members (excludes halogenated alkanes) is 17. The summed E-state index contributed by atoms with van der Waals surface area (Å²) >= 11 is 0. The Bertz CT molecular complexity index is 671. The van der Waals surface area contributed by atoms with E-state index in [0.29, 0.717) is 125 Å². The Morgan fingerprint density at radius 1 is 0.264 bits per heavy atom. The predicted molar refractivity (Wildman–Crippen MR) is 212 cm³/mol. The Morgan fingerprint density at radius 3 is 0.792 bits per heavy atom. The fourth-order valence-electron chi connectivity index (χ4n) is 5.42. The molecule has 0 fully saturated rings. The van der Waals surface area contributed by atoms with Crippen LogP contribution in [-0.2, 0) is 52.2 Å². The van der Waals surface area contributed by atoms with Gasteiger partial charge in [-0.2, -0.15) is 0 Å². The number of hydrogen-bond acceptors (Lipinski definition) is 11. The Kier molecular flexibility index (Phi) is 48.3. The standard InChI is InChI=1S/C42H84O11/c1-3-5-7-9-10-11-12-13-14-15-16-17-19-21-23-44-24-25-45-26-27-46-28-29-47-30-31-48-32-33-49-34-35-50-36-37-51-38-39-52-40-41-53-42(43)22-20-18-8-6-4-2/h3-41H2,1-2H3. The fraction of sp³-hybridized carbons (Fsp3) is 0.976. The van der Waals surface area contributed by atoms with Crippen molar-refractivity contribution in [1.29, 1.82) is 0 Å². The normalized spacial score (nSPS) is 11.5. The summed E-state index contributed by atoms with van der Waals surface area (Å²) in [4.78, 5) is 11.6. The van der Waals surface area contributed by atoms with Gasteiger partial charge in [0.05, 0.1) is 112 Å². The molecular weight excluding hydrogens is 680 g/mol. The molecule has 0 aromatic rings. The number of carbonyl (C=O) groups is 1. The number of rotatable bonds is 48. The van der Waals surface area contributed by atoms with E-state index in [9.17, 15) is 4.79 Å². The highest BCUT2D eigenvalue weighted by molar-refractivity contribution is 5.69.